The summed E-state index contributed by atoms with van der Waals surface area (Å²) >= 11 is 0. The maximum absolute atomic E-state index is 3.79. The van der Waals surface area contributed by atoms with E-state index in [4.69, 9.17) is 0 Å². The predicted molar refractivity (Wildman–Crippen MR) is 101 cm³/mol. The first-order valence-corrected chi connectivity index (χ1v) is 8.71. The standard InChI is InChI=1S/C22H25N2.ClH/c1-24(2)15-21(22(23-16-24)18-9-4-3-5-10-18)20-13-12-17-8-6-7-11-19(17)14-20;/h3-14,21-23H,15-16H2,1-2H3;1H/q+1;/p-1/t21-,22+;/m1./s1. The van der Waals surface area contributed by atoms with Crippen molar-refractivity contribution in [2.45, 2.75) is 12.0 Å². The number of nitrogens with one attached hydrogen (secondary N) is 1. The lowest BCUT2D eigenvalue weighted by molar-refractivity contribution is -0.900. The summed E-state index contributed by atoms with van der Waals surface area (Å²) in [7, 11) is 4.62. The molecule has 3 aromatic carbocycles. The third kappa shape index (κ3) is 3.72. The highest BCUT2D eigenvalue weighted by Gasteiger charge is 2.36. The van der Waals surface area contributed by atoms with Crippen molar-refractivity contribution in [3.8, 4) is 0 Å². The van der Waals surface area contributed by atoms with Crippen molar-refractivity contribution < 1.29 is 16.9 Å². The Labute approximate surface area is 156 Å². The Morgan fingerprint density at radius 2 is 1.48 bits per heavy atom. The van der Waals surface area contributed by atoms with Gasteiger partial charge in [-0.15, -0.1) is 0 Å². The Kier molecular flexibility index (Phi) is 5.14. The van der Waals surface area contributed by atoms with Crippen LogP contribution < -0.4 is 17.7 Å². The van der Waals surface area contributed by atoms with Crippen LogP contribution >= 0.6 is 0 Å². The average molecular weight is 353 g/mol. The Morgan fingerprint density at radius 1 is 0.800 bits per heavy atom. The first-order valence-electron chi connectivity index (χ1n) is 8.71. The number of rotatable bonds is 2. The molecule has 3 heteroatoms. The molecule has 1 saturated heterocycles. The number of fused-ring (bicyclic) bond motifs is 1. The molecule has 4 rings (SSSR count). The van der Waals surface area contributed by atoms with E-state index in [-0.39, 0.29) is 12.4 Å². The molecular weight excluding hydrogens is 328 g/mol. The third-order valence-electron chi connectivity index (χ3n) is 5.19. The fourth-order valence-corrected chi connectivity index (χ4v) is 3.94. The lowest BCUT2D eigenvalue weighted by Crippen LogP contribution is -3.00. The molecule has 0 unspecified atom stereocenters. The molecule has 0 aliphatic carbocycles. The zero-order chi connectivity index (χ0) is 16.6. The molecule has 0 spiro atoms. The maximum atomic E-state index is 3.79. The third-order valence-corrected chi connectivity index (χ3v) is 5.19. The van der Waals surface area contributed by atoms with Gasteiger partial charge in [-0.25, -0.2) is 0 Å². The molecule has 1 aliphatic heterocycles. The van der Waals surface area contributed by atoms with Crippen LogP contribution in [0.4, 0.5) is 0 Å². The summed E-state index contributed by atoms with van der Waals surface area (Å²) in [5.74, 6) is 0.473. The molecule has 2 nitrogen and oxygen atoms in total. The summed E-state index contributed by atoms with van der Waals surface area (Å²) in [5.41, 5.74) is 2.82. The second-order valence-electron chi connectivity index (χ2n) is 7.58. The Bertz CT molecular complexity index is 845. The van der Waals surface area contributed by atoms with Gasteiger partial charge in [0, 0.05) is 6.04 Å². The average Bonchev–Trinajstić information content (AvgIpc) is 2.61. The molecule has 0 bridgehead atoms. The summed E-state index contributed by atoms with van der Waals surface area (Å²) < 4.78 is 1.00. The maximum Gasteiger partial charge on any atom is 0.132 e. The fraction of sp³-hybridized carbons (Fsp3) is 0.273. The highest BCUT2D eigenvalue weighted by molar-refractivity contribution is 5.83. The summed E-state index contributed by atoms with van der Waals surface area (Å²) in [4.78, 5) is 0. The van der Waals surface area contributed by atoms with Gasteiger partial charge in [-0.05, 0) is 21.9 Å². The number of nitrogens with zero attached hydrogens (tertiary/aromatic N) is 1. The van der Waals surface area contributed by atoms with E-state index in [0.717, 1.165) is 17.7 Å². The van der Waals surface area contributed by atoms with Crippen LogP contribution in [0.3, 0.4) is 0 Å². The SMILES string of the molecule is C[N+]1(C)CN[C@@H](c2ccccc2)[C@@H](c2ccc3ccccc3c2)C1.[Cl-]. The molecule has 1 fully saturated rings. The van der Waals surface area contributed by atoms with Crippen molar-refractivity contribution in [2.24, 2.45) is 0 Å². The summed E-state index contributed by atoms with van der Waals surface area (Å²) in [5, 5.41) is 6.44. The van der Waals surface area contributed by atoms with Crippen molar-refractivity contribution in [1.82, 2.24) is 5.32 Å². The normalized spacial score (nSPS) is 22.3. The first-order chi connectivity index (χ1) is 11.6. The van der Waals surface area contributed by atoms with Crippen LogP contribution in [0.5, 0.6) is 0 Å². The van der Waals surface area contributed by atoms with Crippen LogP contribution in [0, 0.1) is 0 Å². The van der Waals surface area contributed by atoms with Crippen molar-refractivity contribution in [1.29, 1.82) is 0 Å². The molecule has 25 heavy (non-hydrogen) atoms. The number of benzene rings is 3. The van der Waals surface area contributed by atoms with Crippen molar-refractivity contribution in [3.05, 3.63) is 83.9 Å². The minimum atomic E-state index is 0. The largest absolute Gasteiger partial charge is 1.00 e. The number of halogens is 1. The smallest absolute Gasteiger partial charge is 0.132 e. The highest BCUT2D eigenvalue weighted by Crippen LogP contribution is 2.36. The lowest BCUT2D eigenvalue weighted by Gasteiger charge is -2.43. The Balaban J connectivity index is 0.00000182. The van der Waals surface area contributed by atoms with Gasteiger partial charge in [0.1, 0.15) is 6.67 Å². The molecule has 1 heterocycles. The van der Waals surface area contributed by atoms with Crippen LogP contribution in [0.1, 0.15) is 23.1 Å². The molecule has 0 radical (unpaired) electrons. The summed E-state index contributed by atoms with van der Waals surface area (Å²) in [6.07, 6.45) is 0. The molecular formula is C22H25ClN2. The number of quaternary nitrogens is 1. The molecule has 0 saturated carbocycles. The van der Waals surface area contributed by atoms with Crippen LogP contribution in [0.2, 0.25) is 0 Å². The van der Waals surface area contributed by atoms with E-state index in [1.165, 1.54) is 21.9 Å². The molecule has 1 N–H and O–H groups in total. The van der Waals surface area contributed by atoms with Crippen LogP contribution in [0.25, 0.3) is 10.8 Å². The predicted octanol–water partition coefficient (Wildman–Crippen LogP) is 1.31. The second-order valence-corrected chi connectivity index (χ2v) is 7.58. The lowest BCUT2D eigenvalue weighted by atomic mass is 9.84. The van der Waals surface area contributed by atoms with Gasteiger partial charge in [0.15, 0.2) is 0 Å². The number of hydrogen-bond donors (Lipinski definition) is 1. The molecule has 3 aromatic rings. The van der Waals surface area contributed by atoms with E-state index >= 15 is 0 Å². The quantitative estimate of drug-likeness (QED) is 0.686. The molecule has 130 valence electrons. The minimum Gasteiger partial charge on any atom is -1.00 e. The molecule has 2 atom stereocenters. The minimum absolute atomic E-state index is 0. The van der Waals surface area contributed by atoms with Gasteiger partial charge in [0.05, 0.1) is 26.6 Å². The summed E-state index contributed by atoms with van der Waals surface area (Å²) in [6, 6.07) is 26.8. The van der Waals surface area contributed by atoms with E-state index in [1.807, 2.05) is 0 Å². The second kappa shape index (κ2) is 7.17. The van der Waals surface area contributed by atoms with Crippen LogP contribution in [-0.4, -0.2) is 31.8 Å². The highest BCUT2D eigenvalue weighted by atomic mass is 35.5. The van der Waals surface area contributed by atoms with E-state index in [0.29, 0.717) is 12.0 Å². The van der Waals surface area contributed by atoms with Gasteiger partial charge >= 0.3 is 0 Å². The molecule has 0 amide bonds. The summed E-state index contributed by atoms with van der Waals surface area (Å²) in [6.45, 7) is 2.15. The van der Waals surface area contributed by atoms with Crippen LogP contribution in [-0.2, 0) is 0 Å². The first kappa shape index (κ1) is 17.9. The fourth-order valence-electron chi connectivity index (χ4n) is 3.94. The molecule has 0 aromatic heterocycles. The van der Waals surface area contributed by atoms with Crippen molar-refractivity contribution in [2.75, 3.05) is 27.3 Å². The van der Waals surface area contributed by atoms with E-state index in [1.54, 1.807) is 0 Å². The Hall–Kier alpha value is -1.87. The zero-order valence-corrected chi connectivity index (χ0v) is 15.6. The monoisotopic (exact) mass is 352 g/mol. The van der Waals surface area contributed by atoms with Gasteiger partial charge in [0.25, 0.3) is 0 Å². The number of hydrogen-bond acceptors (Lipinski definition) is 1. The van der Waals surface area contributed by atoms with Gasteiger partial charge in [-0.1, -0.05) is 72.8 Å². The zero-order valence-electron chi connectivity index (χ0n) is 14.8. The van der Waals surface area contributed by atoms with E-state index in [2.05, 4.69) is 92.2 Å². The van der Waals surface area contributed by atoms with E-state index in [9.17, 15) is 0 Å². The Morgan fingerprint density at radius 3 is 2.24 bits per heavy atom. The van der Waals surface area contributed by atoms with Gasteiger partial charge in [-0.2, -0.15) is 0 Å². The van der Waals surface area contributed by atoms with Crippen LogP contribution in [0.15, 0.2) is 72.8 Å². The van der Waals surface area contributed by atoms with Gasteiger partial charge in [0.2, 0.25) is 0 Å². The van der Waals surface area contributed by atoms with Crippen molar-refractivity contribution >= 4 is 10.8 Å². The van der Waals surface area contributed by atoms with Crippen molar-refractivity contribution in [3.63, 3.8) is 0 Å². The molecule has 1 aliphatic rings. The number of likely N-dealkylation sites (N-methyl/N-ethyl adjacent to an activating group) is 1. The van der Waals surface area contributed by atoms with Gasteiger partial charge < -0.3 is 16.9 Å². The van der Waals surface area contributed by atoms with E-state index < -0.39 is 0 Å². The topological polar surface area (TPSA) is 12.0 Å². The van der Waals surface area contributed by atoms with Gasteiger partial charge in [-0.3, -0.25) is 5.32 Å².